The lowest BCUT2D eigenvalue weighted by Crippen LogP contribution is -2.15. The number of hydrogen-bond acceptors (Lipinski definition) is 7. The monoisotopic (exact) mass is 460 g/mol. The molecule has 0 saturated carbocycles. The first kappa shape index (κ1) is 20.5. The third-order valence-corrected chi connectivity index (χ3v) is 7.38. The molecule has 154 valence electrons. The number of sulfonamides is 1. The molecule has 0 unspecified atom stereocenters. The van der Waals surface area contributed by atoms with Crippen LogP contribution in [0, 0.1) is 0 Å². The first-order chi connectivity index (χ1) is 14.3. The van der Waals surface area contributed by atoms with Gasteiger partial charge in [-0.1, -0.05) is 24.3 Å². The average Bonchev–Trinajstić information content (AvgIpc) is 3.34. The Labute approximate surface area is 180 Å². The number of nitrogens with two attached hydrogens (primary N) is 1. The maximum absolute atomic E-state index is 13.0. The number of benzene rings is 2. The molecule has 4 rings (SSSR count). The minimum Gasteiger partial charge on any atom is -0.507 e. The first-order valence-corrected chi connectivity index (χ1v) is 12.1. The van der Waals surface area contributed by atoms with Crippen molar-refractivity contribution in [3.8, 4) is 5.75 Å². The lowest BCUT2D eigenvalue weighted by atomic mass is 10.1. The van der Waals surface area contributed by atoms with Crippen molar-refractivity contribution in [2.45, 2.75) is 14.9 Å². The Kier molecular flexibility index (Phi) is 5.56. The normalized spacial score (nSPS) is 11.6. The molecule has 4 aromatic rings. The highest BCUT2D eigenvalue weighted by atomic mass is 32.2. The number of thiophene rings is 1. The number of carbonyl (C=O) groups is 1. The van der Waals surface area contributed by atoms with Gasteiger partial charge in [0.15, 0.2) is 5.76 Å². The second kappa shape index (κ2) is 8.15. The molecular formula is C20H16N2O5S3. The molecule has 2 aromatic heterocycles. The molecule has 7 nitrogen and oxygen atoms in total. The first-order valence-electron chi connectivity index (χ1n) is 8.67. The molecular weight excluding hydrogens is 444 g/mol. The number of anilines is 1. The van der Waals surface area contributed by atoms with Gasteiger partial charge in [0, 0.05) is 22.4 Å². The summed E-state index contributed by atoms with van der Waals surface area (Å²) < 4.78 is 30.2. The van der Waals surface area contributed by atoms with E-state index in [0.29, 0.717) is 11.3 Å². The van der Waals surface area contributed by atoms with E-state index in [-0.39, 0.29) is 11.4 Å². The van der Waals surface area contributed by atoms with Crippen molar-refractivity contribution in [1.29, 1.82) is 0 Å². The number of hydrogen-bond donors (Lipinski definition) is 3. The van der Waals surface area contributed by atoms with Crippen LogP contribution < -0.4 is 10.5 Å². The molecule has 4 N–H and O–H groups in total. The lowest BCUT2D eigenvalue weighted by molar-refractivity contribution is 0.0997. The standard InChI is InChI=1S/C20H16N2O5S3/c21-30(25,26)17-10-12(7-8-15(17)23)22-20(24)19-14(11-29-18-6-3-9-28-18)13-4-1-2-5-16(13)27-19/h1-10,23H,11H2,(H,22,24)(H2,21,25,26). The Morgan fingerprint density at radius 2 is 1.97 bits per heavy atom. The number of phenolic OH excluding ortho intramolecular Hbond substituents is 1. The van der Waals surface area contributed by atoms with E-state index in [0.717, 1.165) is 27.3 Å². The van der Waals surface area contributed by atoms with E-state index in [1.54, 1.807) is 29.2 Å². The number of rotatable bonds is 6. The molecule has 0 bridgehead atoms. The number of nitrogens with one attached hydrogen (secondary N) is 1. The summed E-state index contributed by atoms with van der Waals surface area (Å²) in [5, 5.41) is 20.3. The van der Waals surface area contributed by atoms with Gasteiger partial charge in [0.25, 0.3) is 5.91 Å². The molecule has 10 heteroatoms. The molecule has 1 amide bonds. The summed E-state index contributed by atoms with van der Waals surface area (Å²) in [7, 11) is -4.15. The highest BCUT2D eigenvalue weighted by molar-refractivity contribution is 8.00. The highest BCUT2D eigenvalue weighted by Gasteiger charge is 2.22. The molecule has 0 spiro atoms. The van der Waals surface area contributed by atoms with Crippen LogP contribution in [-0.2, 0) is 15.8 Å². The van der Waals surface area contributed by atoms with Crippen LogP contribution in [0.1, 0.15) is 16.1 Å². The number of amides is 1. The lowest BCUT2D eigenvalue weighted by Gasteiger charge is -2.08. The fourth-order valence-corrected chi connectivity index (χ4v) is 5.38. The second-order valence-corrected chi connectivity index (χ2v) is 10.1. The summed E-state index contributed by atoms with van der Waals surface area (Å²) in [6, 6.07) is 15.0. The van der Waals surface area contributed by atoms with Gasteiger partial charge in [-0.3, -0.25) is 4.79 Å². The number of fused-ring (bicyclic) bond motifs is 1. The molecule has 30 heavy (non-hydrogen) atoms. The molecule has 0 saturated heterocycles. The van der Waals surface area contributed by atoms with Crippen LogP contribution >= 0.6 is 23.1 Å². The van der Waals surface area contributed by atoms with Gasteiger partial charge in [-0.05, 0) is 35.7 Å². The van der Waals surface area contributed by atoms with E-state index in [4.69, 9.17) is 9.56 Å². The molecule has 0 radical (unpaired) electrons. The van der Waals surface area contributed by atoms with Crippen molar-refractivity contribution in [1.82, 2.24) is 0 Å². The average molecular weight is 461 g/mol. The predicted molar refractivity (Wildman–Crippen MR) is 118 cm³/mol. The summed E-state index contributed by atoms with van der Waals surface area (Å²) in [4.78, 5) is 12.5. The maximum atomic E-state index is 13.0. The fraction of sp³-hybridized carbons (Fsp3) is 0.0500. The fourth-order valence-electron chi connectivity index (χ4n) is 2.92. The third-order valence-electron chi connectivity index (χ3n) is 4.28. The smallest absolute Gasteiger partial charge is 0.291 e. The molecule has 2 heterocycles. The van der Waals surface area contributed by atoms with E-state index in [1.165, 1.54) is 6.07 Å². The second-order valence-electron chi connectivity index (χ2n) is 6.31. The summed E-state index contributed by atoms with van der Waals surface area (Å²) in [6.45, 7) is 0. The van der Waals surface area contributed by atoms with Crippen LogP contribution in [-0.4, -0.2) is 19.4 Å². The Bertz CT molecular complexity index is 1330. The van der Waals surface area contributed by atoms with Gasteiger partial charge in [-0.25, -0.2) is 13.6 Å². The molecule has 0 aliphatic heterocycles. The van der Waals surface area contributed by atoms with Crippen LogP contribution in [0.3, 0.4) is 0 Å². The molecule has 0 fully saturated rings. The van der Waals surface area contributed by atoms with Gasteiger partial charge in [0.05, 0.1) is 4.21 Å². The zero-order valence-electron chi connectivity index (χ0n) is 15.4. The topological polar surface area (TPSA) is 123 Å². The number of primary sulfonamides is 1. The Balaban J connectivity index is 1.67. The number of phenols is 1. The maximum Gasteiger partial charge on any atom is 0.291 e. The summed E-state index contributed by atoms with van der Waals surface area (Å²) in [6.07, 6.45) is 0. The Morgan fingerprint density at radius 3 is 2.70 bits per heavy atom. The summed E-state index contributed by atoms with van der Waals surface area (Å²) >= 11 is 3.21. The molecule has 0 aliphatic carbocycles. The van der Waals surface area contributed by atoms with E-state index in [2.05, 4.69) is 5.32 Å². The van der Waals surface area contributed by atoms with Crippen LogP contribution in [0.15, 0.2) is 73.5 Å². The number of furan rings is 1. The largest absolute Gasteiger partial charge is 0.507 e. The predicted octanol–water partition coefficient (Wildman–Crippen LogP) is 4.39. The zero-order chi connectivity index (χ0) is 21.3. The zero-order valence-corrected chi connectivity index (χ0v) is 17.8. The summed E-state index contributed by atoms with van der Waals surface area (Å²) in [5.74, 6) is -0.352. The molecule has 0 atom stereocenters. The van der Waals surface area contributed by atoms with Crippen molar-refractivity contribution in [3.05, 3.63) is 71.3 Å². The Morgan fingerprint density at radius 1 is 1.17 bits per heavy atom. The van der Waals surface area contributed by atoms with Gasteiger partial charge in [-0.15, -0.1) is 23.1 Å². The van der Waals surface area contributed by atoms with Crippen molar-refractivity contribution in [2.24, 2.45) is 5.14 Å². The van der Waals surface area contributed by atoms with E-state index >= 15 is 0 Å². The van der Waals surface area contributed by atoms with Crippen molar-refractivity contribution < 1.29 is 22.7 Å². The number of para-hydroxylation sites is 1. The SMILES string of the molecule is NS(=O)(=O)c1cc(NC(=O)c2oc3ccccc3c2CSc2cccs2)ccc1O. The van der Waals surface area contributed by atoms with Crippen LogP contribution in [0.4, 0.5) is 5.69 Å². The van der Waals surface area contributed by atoms with Crippen LogP contribution in [0.25, 0.3) is 11.0 Å². The van der Waals surface area contributed by atoms with Gasteiger partial charge in [0.2, 0.25) is 10.0 Å². The minimum absolute atomic E-state index is 0.144. The quantitative estimate of drug-likeness (QED) is 0.290. The van der Waals surface area contributed by atoms with Gasteiger partial charge >= 0.3 is 0 Å². The van der Waals surface area contributed by atoms with Crippen molar-refractivity contribution in [2.75, 3.05) is 5.32 Å². The van der Waals surface area contributed by atoms with Crippen molar-refractivity contribution >= 4 is 55.7 Å². The molecule has 2 aromatic carbocycles. The Hall–Kier alpha value is -2.79. The van der Waals surface area contributed by atoms with Crippen molar-refractivity contribution in [3.63, 3.8) is 0 Å². The minimum atomic E-state index is -4.15. The van der Waals surface area contributed by atoms with Crippen LogP contribution in [0.2, 0.25) is 0 Å². The van der Waals surface area contributed by atoms with Gasteiger partial charge < -0.3 is 14.8 Å². The highest BCUT2D eigenvalue weighted by Crippen LogP contribution is 2.34. The van der Waals surface area contributed by atoms with E-state index in [9.17, 15) is 18.3 Å². The number of carbonyl (C=O) groups excluding carboxylic acids is 1. The summed E-state index contributed by atoms with van der Waals surface area (Å²) in [5.41, 5.74) is 1.49. The van der Waals surface area contributed by atoms with Gasteiger partial charge in [0.1, 0.15) is 16.2 Å². The van der Waals surface area contributed by atoms with E-state index < -0.39 is 26.6 Å². The van der Waals surface area contributed by atoms with Crippen LogP contribution in [0.5, 0.6) is 5.75 Å². The third kappa shape index (κ3) is 4.21. The number of thioether (sulfide) groups is 1. The van der Waals surface area contributed by atoms with E-state index in [1.807, 2.05) is 35.7 Å². The number of aromatic hydroxyl groups is 1. The molecule has 0 aliphatic rings. The van der Waals surface area contributed by atoms with Gasteiger partial charge in [-0.2, -0.15) is 0 Å².